The minimum atomic E-state index is -5.39. The third kappa shape index (κ3) is 26.7. The number of hydrogen-bond acceptors (Lipinski definition) is 14. The van der Waals surface area contributed by atoms with Crippen LogP contribution in [0.3, 0.4) is 0 Å². The molecule has 0 unspecified atom stereocenters. The average Bonchev–Trinajstić information content (AvgIpc) is 2.51. The Morgan fingerprint density at radius 1 is 0.960 bits per heavy atom. The molecule has 25 heavy (non-hydrogen) atoms. The molecule has 0 saturated heterocycles. The standard InChI is InChI=1S/C6H8O6.3Ca.2H3O4P/c7-1-2(8)5-3(9)4(10)6(11)12-5;;;;2*1-5(2,3)4/h2,5,7-10H,1H2;;;;2*(H3,1,2,3,4)/q;3*+2;;/p-6/t2-,5+;;;;;/m0...../s1. The van der Waals surface area contributed by atoms with Crippen molar-refractivity contribution in [2.75, 3.05) is 6.61 Å². The van der Waals surface area contributed by atoms with Gasteiger partial charge >= 0.3 is 119 Å². The molecule has 1 rings (SSSR count). The summed E-state index contributed by atoms with van der Waals surface area (Å²) in [6, 6.07) is 0. The summed E-state index contributed by atoms with van der Waals surface area (Å²) in [5, 5.41) is 35.0. The number of cyclic esters (lactones) is 1. The second-order valence-corrected chi connectivity index (χ2v) is 4.99. The molecule has 1 aliphatic heterocycles. The summed E-state index contributed by atoms with van der Waals surface area (Å²) in [7, 11) is -10.8. The van der Waals surface area contributed by atoms with E-state index in [0.717, 1.165) is 0 Å². The van der Waals surface area contributed by atoms with E-state index in [-0.39, 0.29) is 113 Å². The molecule has 1 heterocycles. The molecule has 0 fully saturated rings. The van der Waals surface area contributed by atoms with Gasteiger partial charge in [0.2, 0.25) is 5.76 Å². The van der Waals surface area contributed by atoms with E-state index in [1.165, 1.54) is 0 Å². The molecule has 132 valence electrons. The minimum absolute atomic E-state index is 0. The fraction of sp³-hybridized carbons (Fsp3) is 0.500. The number of carbonyl (C=O) groups excluding carboxylic acids is 1. The van der Waals surface area contributed by atoms with Gasteiger partial charge in [-0.25, -0.2) is 4.79 Å². The molecular weight excluding hydrogens is 478 g/mol. The largest absolute Gasteiger partial charge is 2.00 e. The number of phosphoric acid groups is 2. The number of rotatable bonds is 2. The van der Waals surface area contributed by atoms with Crippen LogP contribution in [0, 0.1) is 0 Å². The SMILES string of the molecule is O=C1O[C@H]([C@@H](O)CO)C(O)=C1O.O=P([O-])([O-])[O-].O=P([O-])([O-])[O-].[Ca+2].[Ca+2].[Ca+2]. The zero-order valence-corrected chi connectivity index (χ0v) is 20.7. The summed E-state index contributed by atoms with van der Waals surface area (Å²) in [6.07, 6.45) is -2.78. The van der Waals surface area contributed by atoms with Crippen LogP contribution in [0.2, 0.25) is 0 Å². The number of aliphatic hydroxyl groups is 4. The predicted octanol–water partition coefficient (Wildman–Crippen LogP) is -8.20. The first-order chi connectivity index (χ1) is 9.57. The maximum atomic E-state index is 10.5. The first-order valence-electron chi connectivity index (χ1n) is 4.66. The van der Waals surface area contributed by atoms with Crippen LogP contribution in [-0.4, -0.2) is 158 Å². The fourth-order valence-corrected chi connectivity index (χ4v) is 0.823. The van der Waals surface area contributed by atoms with Gasteiger partial charge in [-0.3, -0.25) is 0 Å². The molecule has 0 amide bonds. The number of hydrogen-bond donors (Lipinski definition) is 4. The monoisotopic (exact) mass is 486 g/mol. The molecule has 0 aliphatic carbocycles. The number of carbonyl (C=O) groups is 1. The molecule has 0 aromatic rings. The Kier molecular flexibility index (Phi) is 27.0. The smallest absolute Gasteiger partial charge is 0.822 e. The second-order valence-electron chi connectivity index (χ2n) is 3.20. The van der Waals surface area contributed by atoms with E-state index in [0.29, 0.717) is 0 Å². The number of esters is 1. The number of aliphatic hydroxyl groups excluding tert-OH is 4. The summed E-state index contributed by atoms with van der Waals surface area (Å²) in [5.74, 6) is -2.78. The van der Waals surface area contributed by atoms with Crippen molar-refractivity contribution in [1.82, 2.24) is 0 Å². The van der Waals surface area contributed by atoms with E-state index in [1.54, 1.807) is 0 Å². The van der Waals surface area contributed by atoms with Gasteiger partial charge < -0.3 is 63.7 Å². The van der Waals surface area contributed by atoms with E-state index in [1.807, 2.05) is 0 Å². The summed E-state index contributed by atoms with van der Waals surface area (Å²) >= 11 is 0. The third-order valence-electron chi connectivity index (χ3n) is 1.48. The summed E-state index contributed by atoms with van der Waals surface area (Å²) < 4.78 is 21.4. The van der Waals surface area contributed by atoms with Crippen molar-refractivity contribution >= 4 is 135 Å². The van der Waals surface area contributed by atoms with Crippen LogP contribution in [0.1, 0.15) is 0 Å². The minimum Gasteiger partial charge on any atom is -0.822 e. The van der Waals surface area contributed by atoms with Crippen molar-refractivity contribution in [2.24, 2.45) is 0 Å². The van der Waals surface area contributed by atoms with Gasteiger partial charge in [0.05, 0.1) is 6.61 Å². The van der Waals surface area contributed by atoms with Gasteiger partial charge in [-0.05, 0) is 0 Å². The van der Waals surface area contributed by atoms with Crippen molar-refractivity contribution < 1.29 is 68.4 Å². The van der Waals surface area contributed by atoms with Gasteiger partial charge in [-0.2, -0.15) is 15.6 Å². The normalized spacial score (nSPS) is 17.1. The molecule has 0 aromatic carbocycles. The van der Waals surface area contributed by atoms with Gasteiger partial charge in [0, 0.05) is 0 Å². The molecule has 0 saturated carbocycles. The molecule has 14 nitrogen and oxygen atoms in total. The Morgan fingerprint density at radius 2 is 1.24 bits per heavy atom. The Morgan fingerprint density at radius 3 is 1.40 bits per heavy atom. The Bertz CT molecular complexity index is 462. The first kappa shape index (κ1) is 38.3. The van der Waals surface area contributed by atoms with Crippen molar-refractivity contribution in [3.05, 3.63) is 11.5 Å². The van der Waals surface area contributed by atoms with Crippen LogP contribution in [-0.2, 0) is 18.7 Å². The van der Waals surface area contributed by atoms with E-state index in [2.05, 4.69) is 4.74 Å². The van der Waals surface area contributed by atoms with Crippen molar-refractivity contribution in [3.8, 4) is 0 Å². The van der Waals surface area contributed by atoms with Crippen LogP contribution in [0.25, 0.3) is 0 Å². The average molecular weight is 486 g/mol. The molecule has 0 aromatic heterocycles. The van der Waals surface area contributed by atoms with E-state index in [9.17, 15) is 4.79 Å². The molecule has 1 aliphatic rings. The van der Waals surface area contributed by atoms with Crippen LogP contribution in [0.4, 0.5) is 0 Å². The van der Waals surface area contributed by atoms with Gasteiger partial charge in [-0.15, -0.1) is 0 Å². The van der Waals surface area contributed by atoms with E-state index < -0.39 is 51.9 Å². The van der Waals surface area contributed by atoms with Gasteiger partial charge in [-0.1, -0.05) is 0 Å². The van der Waals surface area contributed by atoms with Crippen molar-refractivity contribution in [2.45, 2.75) is 12.2 Å². The van der Waals surface area contributed by atoms with E-state index >= 15 is 0 Å². The fourth-order valence-electron chi connectivity index (χ4n) is 0.823. The Labute approximate surface area is 230 Å². The third-order valence-corrected chi connectivity index (χ3v) is 1.48. The first-order valence-corrected chi connectivity index (χ1v) is 7.58. The quantitative estimate of drug-likeness (QED) is 0.160. The zero-order valence-electron chi connectivity index (χ0n) is 12.2. The summed E-state index contributed by atoms with van der Waals surface area (Å²) in [4.78, 5) is 61.8. The Hall–Kier alpha value is 2.73. The summed E-state index contributed by atoms with van der Waals surface area (Å²) in [5.41, 5.74) is 0. The van der Waals surface area contributed by atoms with Gasteiger partial charge in [0.15, 0.2) is 11.9 Å². The maximum Gasteiger partial charge on any atom is 2.00 e. The molecular formula is C6H8Ca3O14P2. The predicted molar refractivity (Wildman–Crippen MR) is 67.7 cm³/mol. The number of ether oxygens (including phenoxy) is 1. The van der Waals surface area contributed by atoms with Crippen molar-refractivity contribution in [1.29, 1.82) is 0 Å². The molecule has 2 atom stereocenters. The van der Waals surface area contributed by atoms with Crippen LogP contribution in [0.5, 0.6) is 0 Å². The van der Waals surface area contributed by atoms with Crippen LogP contribution < -0.4 is 29.4 Å². The molecule has 4 N–H and O–H groups in total. The molecule has 0 spiro atoms. The Balaban J connectivity index is -0.0000000882. The topological polar surface area (TPSA) is 280 Å². The second kappa shape index (κ2) is 17.6. The van der Waals surface area contributed by atoms with Crippen LogP contribution >= 0.6 is 15.6 Å². The zero-order chi connectivity index (χ0) is 18.3. The maximum absolute atomic E-state index is 10.5. The molecule has 0 bridgehead atoms. The van der Waals surface area contributed by atoms with Crippen LogP contribution in [0.15, 0.2) is 11.5 Å². The molecule has 19 heteroatoms. The van der Waals surface area contributed by atoms with E-state index in [4.69, 9.17) is 58.9 Å². The van der Waals surface area contributed by atoms with Crippen molar-refractivity contribution in [3.63, 3.8) is 0 Å². The molecule has 0 radical (unpaired) electrons. The van der Waals surface area contributed by atoms with Gasteiger partial charge in [0.25, 0.3) is 0 Å². The van der Waals surface area contributed by atoms with Gasteiger partial charge in [0.1, 0.15) is 6.10 Å². The summed E-state index contributed by atoms with van der Waals surface area (Å²) in [6.45, 7) is -0.671.